The number of hydrogen-bond acceptors (Lipinski definition) is 30. The minimum Gasteiger partial charge on any atom is -0.394 e. The Morgan fingerprint density at radius 2 is 0.746 bits per heavy atom. The molecular formula is C82H148N6O30. The summed E-state index contributed by atoms with van der Waals surface area (Å²) < 4.78 is 51.1. The number of aliphatic hydroxyl groups is 13. The van der Waals surface area contributed by atoms with Crippen LogP contribution in [0.5, 0.6) is 0 Å². The van der Waals surface area contributed by atoms with Gasteiger partial charge in [-0.25, -0.2) is 0 Å². The number of ketones is 2. The van der Waals surface area contributed by atoms with E-state index in [-0.39, 0.29) is 159 Å². The number of ether oxygens (including phenoxy) is 9. The van der Waals surface area contributed by atoms with Crippen molar-refractivity contribution in [3.05, 3.63) is 0 Å². The molecule has 5 saturated heterocycles. The van der Waals surface area contributed by atoms with Crippen LogP contribution in [0.1, 0.15) is 215 Å². The average molecular weight is 1700 g/mol. The maximum absolute atomic E-state index is 14.7. The Bertz CT molecular complexity index is 2830. The van der Waals surface area contributed by atoms with Gasteiger partial charge in [0, 0.05) is 147 Å². The quantitative estimate of drug-likeness (QED) is 0.0348. The summed E-state index contributed by atoms with van der Waals surface area (Å²) in [5, 5.41) is 146. The van der Waals surface area contributed by atoms with Crippen LogP contribution in [0.4, 0.5) is 0 Å². The van der Waals surface area contributed by atoms with Crippen LogP contribution in [0.3, 0.4) is 0 Å². The summed E-state index contributed by atoms with van der Waals surface area (Å²) in [5.41, 5.74) is 0. The smallest absolute Gasteiger partial charge is 0.223 e. The Kier molecular flexibility index (Phi) is 52.3. The normalized spacial score (nSPS) is 29.9. The van der Waals surface area contributed by atoms with Crippen molar-refractivity contribution in [3.8, 4) is 0 Å². The number of carbonyl (C=O) groups excluding carboxylic acids is 8. The molecule has 0 radical (unpaired) electrons. The van der Waals surface area contributed by atoms with Gasteiger partial charge in [-0.1, -0.05) is 61.3 Å². The van der Waals surface area contributed by atoms with Crippen LogP contribution in [0.15, 0.2) is 0 Å². The third-order valence-corrected chi connectivity index (χ3v) is 22.3. The number of nitrogens with zero attached hydrogens (tertiary/aromatic N) is 1. The summed E-state index contributed by atoms with van der Waals surface area (Å²) in [6, 6.07) is -1.38. The Balaban J connectivity index is 0.00000715. The summed E-state index contributed by atoms with van der Waals surface area (Å²) in [5.74, 6) is -5.86. The second-order valence-electron chi connectivity index (χ2n) is 33.2. The van der Waals surface area contributed by atoms with E-state index in [0.29, 0.717) is 109 Å². The number of carbonyl (C=O) groups is 8. The van der Waals surface area contributed by atoms with Crippen LogP contribution in [0.25, 0.3) is 0 Å². The molecule has 5 heterocycles. The number of rotatable bonds is 57. The van der Waals surface area contributed by atoms with Gasteiger partial charge >= 0.3 is 0 Å². The van der Waals surface area contributed by atoms with Crippen molar-refractivity contribution < 1.29 is 147 Å². The lowest BCUT2D eigenvalue weighted by Crippen LogP contribution is -2.55. The fourth-order valence-electron chi connectivity index (χ4n) is 14.8. The minimum atomic E-state index is -1.31. The molecule has 0 spiro atoms. The van der Waals surface area contributed by atoms with Crippen LogP contribution in [0, 0.1) is 41.4 Å². The summed E-state index contributed by atoms with van der Waals surface area (Å²) in [7, 11) is 1.51. The molecule has 36 heteroatoms. The molecule has 5 fully saturated rings. The van der Waals surface area contributed by atoms with E-state index in [4.69, 9.17) is 42.6 Å². The van der Waals surface area contributed by atoms with Gasteiger partial charge in [0.2, 0.25) is 35.4 Å². The highest BCUT2D eigenvalue weighted by molar-refractivity contribution is 5.92. The van der Waals surface area contributed by atoms with E-state index in [0.717, 1.165) is 5.92 Å². The van der Waals surface area contributed by atoms with Gasteiger partial charge in [-0.05, 0) is 115 Å². The summed E-state index contributed by atoms with van der Waals surface area (Å²) in [6.07, 6.45) is -11.3. The van der Waals surface area contributed by atoms with E-state index in [2.05, 4.69) is 47.4 Å². The molecule has 5 aliphatic heterocycles. The molecule has 25 atom stereocenters. The zero-order valence-electron chi connectivity index (χ0n) is 71.0. The van der Waals surface area contributed by atoms with E-state index in [1.807, 2.05) is 0 Å². The molecule has 0 aliphatic carbocycles. The first-order valence-corrected chi connectivity index (χ1v) is 43.2. The number of unbranched alkanes of at least 4 members (excludes halogenated alkanes) is 7. The van der Waals surface area contributed by atoms with E-state index < -0.39 is 190 Å². The standard InChI is InChI=1S/C78H138N6O30.C4H10/c1-46-65(96)69(100)57(41-85)111-75(46)107-33-16-9-23-53(89)37-50(21-6-13-29-79-61(92)25-10-17-34-108-76-47(2)66(97)70(101)58(42-86)112-76)73(104)81-31-14-7-22-51(74(105)82-32-20-28-64(95)84-40-54(90)39-52(84)45-106-5)38-56(91)55(83-63(94)27-12-19-36-110-78-49(4)68(99)72(103)60(44-88)114-78)24-8-15-30-80-62(93)26-11-18-35-109-77-48(3)67(98)71(102)59(43-87)113-77;1-4(2)3/h46-52,54-55,57-60,65-72,75-78,85-88,90,96-103H,6-45H2,1-5H3,(H,79,92)(H,80,93)(H,81,104)(H,82,105)(H,83,94);4H,1-3H3/t46?,47?,48?,49?,50?,51?,52-,54+,55?,57?,58?,59?,60?,65+,66+,67+,68+,69-,70-,71-,72-,75+,76+,77+,78+;/m0./s1. The Labute approximate surface area is 695 Å². The van der Waals surface area contributed by atoms with Crippen molar-refractivity contribution >= 4 is 47.0 Å². The maximum Gasteiger partial charge on any atom is 0.223 e. The molecule has 686 valence electrons. The number of likely N-dealkylation sites (tertiary alicyclic amines) is 1. The largest absolute Gasteiger partial charge is 0.394 e. The first kappa shape index (κ1) is 106. The Morgan fingerprint density at radius 3 is 1.12 bits per heavy atom. The molecule has 36 nitrogen and oxygen atoms in total. The third kappa shape index (κ3) is 37.8. The molecule has 11 unspecified atom stereocenters. The molecule has 0 aromatic heterocycles. The van der Waals surface area contributed by atoms with Crippen molar-refractivity contribution in [2.75, 3.05) is 99.3 Å². The minimum absolute atomic E-state index is 0.0341. The van der Waals surface area contributed by atoms with E-state index in [1.54, 1.807) is 32.6 Å². The van der Waals surface area contributed by atoms with Crippen molar-refractivity contribution in [3.63, 3.8) is 0 Å². The van der Waals surface area contributed by atoms with E-state index in [9.17, 15) is 105 Å². The average Bonchev–Trinajstić information content (AvgIpc) is 1.16. The first-order valence-electron chi connectivity index (χ1n) is 43.2. The Hall–Kier alpha value is -4.72. The van der Waals surface area contributed by atoms with Gasteiger partial charge in [0.1, 0.15) is 54.6 Å². The number of Topliss-reactive ketones (excluding diaryl/α,β-unsaturated/α-hetero) is 2. The summed E-state index contributed by atoms with van der Waals surface area (Å²) in [6.45, 7) is 12.7. The van der Waals surface area contributed by atoms with Crippen LogP contribution < -0.4 is 26.6 Å². The number of methoxy groups -OCH3 is 1. The highest BCUT2D eigenvalue weighted by Gasteiger charge is 2.46. The molecule has 0 bridgehead atoms. The van der Waals surface area contributed by atoms with Crippen molar-refractivity contribution in [1.29, 1.82) is 0 Å². The molecule has 5 rings (SSSR count). The number of aliphatic hydroxyl groups excluding tert-OH is 13. The topological polar surface area (TPSA) is 546 Å². The van der Waals surface area contributed by atoms with Gasteiger partial charge in [0.15, 0.2) is 30.9 Å². The van der Waals surface area contributed by atoms with Crippen LogP contribution in [-0.4, -0.2) is 334 Å². The molecule has 0 aromatic rings. The van der Waals surface area contributed by atoms with Gasteiger partial charge in [-0.15, -0.1) is 0 Å². The number of hydrogen-bond donors (Lipinski definition) is 18. The highest BCUT2D eigenvalue weighted by atomic mass is 16.7. The van der Waals surface area contributed by atoms with Crippen LogP contribution in [0.2, 0.25) is 0 Å². The zero-order chi connectivity index (χ0) is 87.4. The lowest BCUT2D eigenvalue weighted by molar-refractivity contribution is -0.282. The lowest BCUT2D eigenvalue weighted by Gasteiger charge is -2.40. The summed E-state index contributed by atoms with van der Waals surface area (Å²) in [4.78, 5) is 111. The van der Waals surface area contributed by atoms with Crippen molar-refractivity contribution in [2.24, 2.45) is 41.4 Å². The first-order chi connectivity index (χ1) is 56.3. The SMILES string of the molecule is CC(C)C.COC[C@@H]1C[C@@H](O)CN1C(=O)CCCNC(=O)C(CCCCNC(=O)C(CCCCNC(=O)CCCCO[C@@H]1OC(CO)[C@H](O)[C@H](O)C1C)CC(=O)CCCCO[C@@H]1OC(CO)[C@H](O)[C@H](O)C1C)CC(=O)C(CCCCNC(=O)CCCCO[C@@H]1OC(CO)[C@H](O)[C@H](O)C1C)NC(=O)CCCCO[C@@H]1OC(CO)[C@H](O)[C@H](O)C1C. The molecule has 6 amide bonds. The van der Waals surface area contributed by atoms with Gasteiger partial charge < -0.3 is 141 Å². The van der Waals surface area contributed by atoms with Gasteiger partial charge in [-0.3, -0.25) is 38.4 Å². The zero-order valence-corrected chi connectivity index (χ0v) is 71.0. The number of β-amino-alcohol motifs (C(OH)–C–C–N with tert-alkyl or cyclic N) is 1. The lowest BCUT2D eigenvalue weighted by atomic mass is 9.90. The van der Waals surface area contributed by atoms with Crippen molar-refractivity contribution in [2.45, 2.75) is 332 Å². The molecule has 0 saturated carbocycles. The summed E-state index contributed by atoms with van der Waals surface area (Å²) >= 11 is 0. The van der Waals surface area contributed by atoms with E-state index >= 15 is 0 Å². The van der Waals surface area contributed by atoms with Gasteiger partial charge in [-0.2, -0.15) is 0 Å². The third-order valence-electron chi connectivity index (χ3n) is 22.3. The maximum atomic E-state index is 14.7. The molecule has 18 N–H and O–H groups in total. The molecule has 5 aliphatic rings. The monoisotopic (exact) mass is 1700 g/mol. The number of amides is 6. The van der Waals surface area contributed by atoms with Crippen LogP contribution in [-0.2, 0) is 81.0 Å². The second-order valence-corrected chi connectivity index (χ2v) is 33.2. The predicted octanol–water partition coefficient (Wildman–Crippen LogP) is -0.304. The highest BCUT2D eigenvalue weighted by Crippen LogP contribution is 2.32. The fourth-order valence-corrected chi connectivity index (χ4v) is 14.8. The molecular weight excluding hydrogens is 1550 g/mol. The van der Waals surface area contributed by atoms with Crippen molar-refractivity contribution in [1.82, 2.24) is 31.5 Å². The van der Waals surface area contributed by atoms with E-state index in [1.165, 1.54) is 7.11 Å². The molecule has 0 aromatic carbocycles. The number of nitrogens with one attached hydrogen (secondary N) is 5. The molecule has 118 heavy (non-hydrogen) atoms. The Morgan fingerprint density at radius 1 is 0.407 bits per heavy atom. The predicted molar refractivity (Wildman–Crippen MR) is 426 cm³/mol. The van der Waals surface area contributed by atoms with Crippen LogP contribution >= 0.6 is 0 Å². The van der Waals surface area contributed by atoms with Gasteiger partial charge in [0.05, 0.1) is 75.6 Å². The second kappa shape index (κ2) is 58.4. The fraction of sp³-hybridized carbons (Fsp3) is 0.902. The van der Waals surface area contributed by atoms with Gasteiger partial charge in [0.25, 0.3) is 0 Å².